The highest BCUT2D eigenvalue weighted by Crippen LogP contribution is 2.27. The molecule has 3 rings (SSSR count). The number of unbranched alkanes of at least 4 members (excludes halogenated alkanes) is 2. The van der Waals surface area contributed by atoms with E-state index in [2.05, 4.69) is 62.4 Å². The minimum Gasteiger partial charge on any atom is -0.373 e. The Morgan fingerprint density at radius 3 is 2.08 bits per heavy atom. The van der Waals surface area contributed by atoms with Crippen LogP contribution in [0.15, 0.2) is 48.5 Å². The SMILES string of the molecule is CCCCC[C@@H]1CO[C@@H](c2ccc(-c3ccc(C)cc3)cc2)CO1. The maximum atomic E-state index is 6.04. The summed E-state index contributed by atoms with van der Waals surface area (Å²) in [6.45, 7) is 5.73. The van der Waals surface area contributed by atoms with Gasteiger partial charge in [-0.05, 0) is 30.0 Å². The Balaban J connectivity index is 1.56. The molecule has 1 aliphatic rings. The van der Waals surface area contributed by atoms with Crippen LogP contribution >= 0.6 is 0 Å². The summed E-state index contributed by atoms with van der Waals surface area (Å²) >= 11 is 0. The molecule has 0 bridgehead atoms. The van der Waals surface area contributed by atoms with Crippen molar-refractivity contribution >= 4 is 0 Å². The summed E-state index contributed by atoms with van der Waals surface area (Å²) in [5.41, 5.74) is 4.99. The standard InChI is InChI=1S/C22H28O2/c1-3-4-5-6-21-15-24-22(16-23-21)20-13-11-19(12-14-20)18-9-7-17(2)8-10-18/h7-14,21-22H,3-6,15-16H2,1-2H3/t21-,22-/m1/s1. The molecule has 1 saturated heterocycles. The first-order valence-electron chi connectivity index (χ1n) is 9.16. The summed E-state index contributed by atoms with van der Waals surface area (Å²) in [5, 5.41) is 0. The van der Waals surface area contributed by atoms with E-state index in [1.165, 1.54) is 41.5 Å². The predicted octanol–water partition coefficient (Wildman–Crippen LogP) is 5.70. The number of hydrogen-bond donors (Lipinski definition) is 0. The van der Waals surface area contributed by atoms with Gasteiger partial charge >= 0.3 is 0 Å². The summed E-state index contributed by atoms with van der Waals surface area (Å²) in [6.07, 6.45) is 5.24. The highest BCUT2D eigenvalue weighted by molar-refractivity contribution is 5.64. The van der Waals surface area contributed by atoms with Gasteiger partial charge in [0.2, 0.25) is 0 Å². The monoisotopic (exact) mass is 324 g/mol. The van der Waals surface area contributed by atoms with Gasteiger partial charge in [-0.2, -0.15) is 0 Å². The quantitative estimate of drug-likeness (QED) is 0.635. The molecule has 0 N–H and O–H groups in total. The Hall–Kier alpha value is -1.64. The summed E-state index contributed by atoms with van der Waals surface area (Å²) in [5.74, 6) is 0. The molecular weight excluding hydrogens is 296 g/mol. The number of aryl methyl sites for hydroxylation is 1. The fraction of sp³-hybridized carbons (Fsp3) is 0.455. The second kappa shape index (κ2) is 8.46. The van der Waals surface area contributed by atoms with Gasteiger partial charge in [0.25, 0.3) is 0 Å². The number of rotatable bonds is 6. The molecule has 0 saturated carbocycles. The van der Waals surface area contributed by atoms with Gasteiger partial charge in [-0.15, -0.1) is 0 Å². The first kappa shape index (κ1) is 17.2. The third kappa shape index (κ3) is 4.46. The van der Waals surface area contributed by atoms with Crippen molar-refractivity contribution < 1.29 is 9.47 Å². The molecule has 2 atom stereocenters. The summed E-state index contributed by atoms with van der Waals surface area (Å²) < 4.78 is 12.0. The maximum Gasteiger partial charge on any atom is 0.106 e. The Morgan fingerprint density at radius 1 is 0.833 bits per heavy atom. The van der Waals surface area contributed by atoms with Crippen LogP contribution in [0.3, 0.4) is 0 Å². The van der Waals surface area contributed by atoms with Crippen LogP contribution in [-0.2, 0) is 9.47 Å². The van der Waals surface area contributed by atoms with E-state index in [4.69, 9.17) is 9.47 Å². The molecule has 1 aliphatic heterocycles. The third-order valence-electron chi connectivity index (χ3n) is 4.76. The highest BCUT2D eigenvalue weighted by atomic mass is 16.6. The highest BCUT2D eigenvalue weighted by Gasteiger charge is 2.23. The smallest absolute Gasteiger partial charge is 0.106 e. The van der Waals surface area contributed by atoms with Gasteiger partial charge in [0.05, 0.1) is 19.3 Å². The van der Waals surface area contributed by atoms with E-state index in [1.54, 1.807) is 0 Å². The van der Waals surface area contributed by atoms with E-state index in [0.29, 0.717) is 13.2 Å². The molecule has 0 aromatic heterocycles. The first-order valence-corrected chi connectivity index (χ1v) is 9.16. The summed E-state index contributed by atoms with van der Waals surface area (Å²) in [6, 6.07) is 17.3. The second-order valence-corrected chi connectivity index (χ2v) is 6.76. The number of benzene rings is 2. The molecule has 24 heavy (non-hydrogen) atoms. The lowest BCUT2D eigenvalue weighted by molar-refractivity contribution is -0.137. The van der Waals surface area contributed by atoms with E-state index < -0.39 is 0 Å². The predicted molar refractivity (Wildman–Crippen MR) is 99.2 cm³/mol. The molecule has 2 nitrogen and oxygen atoms in total. The van der Waals surface area contributed by atoms with Crippen LogP contribution in [0, 0.1) is 6.92 Å². The minimum atomic E-state index is 0.0690. The van der Waals surface area contributed by atoms with E-state index in [0.717, 1.165) is 6.42 Å². The van der Waals surface area contributed by atoms with Crippen LogP contribution in [0.1, 0.15) is 49.8 Å². The topological polar surface area (TPSA) is 18.5 Å². The fourth-order valence-corrected chi connectivity index (χ4v) is 3.16. The van der Waals surface area contributed by atoms with Gasteiger partial charge in [0.15, 0.2) is 0 Å². The Bertz CT molecular complexity index is 607. The first-order chi connectivity index (χ1) is 11.8. The van der Waals surface area contributed by atoms with Crippen LogP contribution in [-0.4, -0.2) is 19.3 Å². The summed E-state index contributed by atoms with van der Waals surface area (Å²) in [4.78, 5) is 0. The lowest BCUT2D eigenvalue weighted by Crippen LogP contribution is -2.31. The Labute approximate surface area is 145 Å². The average molecular weight is 324 g/mol. The molecule has 0 unspecified atom stereocenters. The van der Waals surface area contributed by atoms with E-state index >= 15 is 0 Å². The van der Waals surface area contributed by atoms with Gasteiger partial charge < -0.3 is 9.47 Å². The fourth-order valence-electron chi connectivity index (χ4n) is 3.16. The Morgan fingerprint density at radius 2 is 1.50 bits per heavy atom. The van der Waals surface area contributed by atoms with Crippen LogP contribution in [0.4, 0.5) is 0 Å². The maximum absolute atomic E-state index is 6.04. The van der Waals surface area contributed by atoms with E-state index in [-0.39, 0.29) is 12.2 Å². The van der Waals surface area contributed by atoms with Crippen molar-refractivity contribution in [2.45, 2.75) is 51.7 Å². The van der Waals surface area contributed by atoms with Crippen molar-refractivity contribution in [1.82, 2.24) is 0 Å². The third-order valence-corrected chi connectivity index (χ3v) is 4.76. The van der Waals surface area contributed by atoms with Gasteiger partial charge in [-0.3, -0.25) is 0 Å². The molecule has 2 aromatic rings. The number of hydrogen-bond acceptors (Lipinski definition) is 2. The van der Waals surface area contributed by atoms with Crippen molar-refractivity contribution in [2.24, 2.45) is 0 Å². The largest absolute Gasteiger partial charge is 0.373 e. The zero-order valence-electron chi connectivity index (χ0n) is 14.8. The molecule has 0 amide bonds. The van der Waals surface area contributed by atoms with Crippen molar-refractivity contribution in [3.05, 3.63) is 59.7 Å². The Kier molecular flexibility index (Phi) is 6.06. The van der Waals surface area contributed by atoms with Crippen molar-refractivity contribution in [3.8, 4) is 11.1 Å². The zero-order chi connectivity index (χ0) is 16.8. The zero-order valence-corrected chi connectivity index (χ0v) is 14.8. The van der Waals surface area contributed by atoms with Crippen molar-refractivity contribution in [3.63, 3.8) is 0 Å². The molecular formula is C22H28O2. The molecule has 0 spiro atoms. The molecule has 128 valence electrons. The van der Waals surface area contributed by atoms with Gasteiger partial charge in [-0.1, -0.05) is 80.3 Å². The van der Waals surface area contributed by atoms with Crippen LogP contribution in [0.2, 0.25) is 0 Å². The van der Waals surface area contributed by atoms with E-state index in [9.17, 15) is 0 Å². The summed E-state index contributed by atoms with van der Waals surface area (Å²) in [7, 11) is 0. The number of ether oxygens (including phenoxy) is 2. The van der Waals surface area contributed by atoms with Crippen LogP contribution < -0.4 is 0 Å². The normalized spacial score (nSPS) is 20.9. The van der Waals surface area contributed by atoms with Gasteiger partial charge in [0, 0.05) is 0 Å². The second-order valence-electron chi connectivity index (χ2n) is 6.76. The average Bonchev–Trinajstić information content (AvgIpc) is 2.63. The molecule has 2 heteroatoms. The molecule has 1 heterocycles. The van der Waals surface area contributed by atoms with Crippen molar-refractivity contribution in [2.75, 3.05) is 13.2 Å². The van der Waals surface area contributed by atoms with Crippen LogP contribution in [0.25, 0.3) is 11.1 Å². The van der Waals surface area contributed by atoms with Gasteiger partial charge in [-0.25, -0.2) is 0 Å². The van der Waals surface area contributed by atoms with E-state index in [1.807, 2.05) is 0 Å². The van der Waals surface area contributed by atoms with Crippen LogP contribution in [0.5, 0.6) is 0 Å². The lowest BCUT2D eigenvalue weighted by atomic mass is 10.0. The minimum absolute atomic E-state index is 0.0690. The van der Waals surface area contributed by atoms with Crippen molar-refractivity contribution in [1.29, 1.82) is 0 Å². The molecule has 1 fully saturated rings. The van der Waals surface area contributed by atoms with Gasteiger partial charge in [0.1, 0.15) is 6.10 Å². The molecule has 0 radical (unpaired) electrons. The molecule has 0 aliphatic carbocycles. The lowest BCUT2D eigenvalue weighted by Gasteiger charge is -2.30. The molecule has 2 aromatic carbocycles.